The molecule has 4 heteroatoms. The monoisotopic (exact) mass is 326 g/mol. The summed E-state index contributed by atoms with van der Waals surface area (Å²) in [5.41, 5.74) is 2.63. The minimum Gasteiger partial charge on any atom is -0.325 e. The Hall–Kier alpha value is -1.97. The molecule has 2 aliphatic carbocycles. The van der Waals surface area contributed by atoms with Gasteiger partial charge in [0.05, 0.1) is 5.71 Å². The second-order valence-corrected chi connectivity index (χ2v) is 7.01. The number of carbonyl (C=O) groups is 2. The number of hydrogen-bond donors (Lipinski definition) is 1. The summed E-state index contributed by atoms with van der Waals surface area (Å²) in [6.07, 6.45) is 16.0. The third kappa shape index (κ3) is 4.11. The van der Waals surface area contributed by atoms with E-state index in [0.717, 1.165) is 30.5 Å². The Bertz CT molecular complexity index is 634. The van der Waals surface area contributed by atoms with Gasteiger partial charge >= 0.3 is 0 Å². The lowest BCUT2D eigenvalue weighted by atomic mass is 9.85. The zero-order valence-corrected chi connectivity index (χ0v) is 14.4. The van der Waals surface area contributed by atoms with Crippen LogP contribution in [0.2, 0.25) is 0 Å². The van der Waals surface area contributed by atoms with Crippen molar-refractivity contribution in [3.05, 3.63) is 35.6 Å². The molecule has 1 fully saturated rings. The summed E-state index contributed by atoms with van der Waals surface area (Å²) in [4.78, 5) is 28.2. The Morgan fingerprint density at radius 3 is 2.83 bits per heavy atom. The molecule has 128 valence electrons. The van der Waals surface area contributed by atoms with Crippen molar-refractivity contribution in [2.45, 2.75) is 58.3 Å². The van der Waals surface area contributed by atoms with Crippen molar-refractivity contribution in [3.63, 3.8) is 0 Å². The van der Waals surface area contributed by atoms with E-state index >= 15 is 0 Å². The van der Waals surface area contributed by atoms with Crippen LogP contribution in [0.1, 0.15) is 58.3 Å². The number of allylic oxidation sites excluding steroid dienone is 3. The summed E-state index contributed by atoms with van der Waals surface area (Å²) in [6, 6.07) is 0. The molecule has 1 unspecified atom stereocenters. The van der Waals surface area contributed by atoms with Crippen LogP contribution in [0.25, 0.3) is 0 Å². The molecule has 1 aliphatic heterocycles. The standard InChI is InChI=1S/C20H26N2O2/c1-2-5-15-12-20(24)22-18-13-16(9-10-17(15)18)21-19(23)11-8-14-6-3-4-7-14/h9-10,12-14,17H,2-8,11H2,1H3,(H,22,24). The Morgan fingerprint density at radius 2 is 2.08 bits per heavy atom. The number of hydrogen-bond acceptors (Lipinski definition) is 2. The number of carbonyl (C=O) groups excluding carboxylic acids is 2. The van der Waals surface area contributed by atoms with Crippen LogP contribution in [0.3, 0.4) is 0 Å². The van der Waals surface area contributed by atoms with Crippen molar-refractivity contribution < 1.29 is 9.59 Å². The number of fused-ring (bicyclic) bond motifs is 1. The van der Waals surface area contributed by atoms with E-state index in [-0.39, 0.29) is 17.7 Å². The largest absolute Gasteiger partial charge is 0.325 e. The van der Waals surface area contributed by atoms with Crippen molar-refractivity contribution in [1.82, 2.24) is 5.32 Å². The highest BCUT2D eigenvalue weighted by molar-refractivity contribution is 6.11. The Kier molecular flexibility index (Phi) is 5.44. The summed E-state index contributed by atoms with van der Waals surface area (Å²) in [5.74, 6) is 0.694. The zero-order valence-electron chi connectivity index (χ0n) is 14.4. The molecule has 4 nitrogen and oxygen atoms in total. The number of aliphatic imine (C=N–C) groups is 1. The molecule has 3 rings (SSSR count). The Balaban J connectivity index is 1.64. The first kappa shape index (κ1) is 16.9. The number of nitrogens with zero attached hydrogens (tertiary/aromatic N) is 1. The van der Waals surface area contributed by atoms with E-state index in [4.69, 9.17) is 0 Å². The van der Waals surface area contributed by atoms with Crippen LogP contribution in [0.5, 0.6) is 0 Å². The van der Waals surface area contributed by atoms with Gasteiger partial charge in [-0.3, -0.25) is 9.59 Å². The molecule has 1 atom stereocenters. The molecule has 1 saturated carbocycles. The molecule has 0 radical (unpaired) electrons. The molecule has 0 aromatic rings. The average molecular weight is 326 g/mol. The topological polar surface area (TPSA) is 58.5 Å². The molecule has 2 amide bonds. The number of nitrogens with one attached hydrogen (secondary N) is 1. The molecule has 3 aliphatic rings. The van der Waals surface area contributed by atoms with Crippen molar-refractivity contribution in [2.75, 3.05) is 0 Å². The van der Waals surface area contributed by atoms with Gasteiger partial charge in [-0.25, -0.2) is 4.99 Å². The maximum absolute atomic E-state index is 12.1. The normalized spacial score (nSPS) is 25.3. The molecule has 0 spiro atoms. The predicted octanol–water partition coefficient (Wildman–Crippen LogP) is 3.85. The van der Waals surface area contributed by atoms with Gasteiger partial charge in [0.25, 0.3) is 0 Å². The Labute approximate surface area is 143 Å². The fraction of sp³-hybridized carbons (Fsp3) is 0.550. The molecular formula is C20H26N2O2. The van der Waals surface area contributed by atoms with Gasteiger partial charge in [0.1, 0.15) is 0 Å². The maximum Gasteiger partial charge on any atom is 0.248 e. The molecular weight excluding hydrogens is 300 g/mol. The van der Waals surface area contributed by atoms with E-state index in [9.17, 15) is 9.59 Å². The molecule has 0 aromatic heterocycles. The minimum atomic E-state index is -0.0804. The lowest BCUT2D eigenvalue weighted by molar-refractivity contribution is -0.118. The van der Waals surface area contributed by atoms with E-state index in [1.54, 1.807) is 6.08 Å². The Morgan fingerprint density at radius 1 is 1.29 bits per heavy atom. The van der Waals surface area contributed by atoms with Crippen molar-refractivity contribution in [1.29, 1.82) is 0 Å². The second-order valence-electron chi connectivity index (χ2n) is 7.01. The van der Waals surface area contributed by atoms with Gasteiger partial charge in [0, 0.05) is 24.1 Å². The predicted molar refractivity (Wildman–Crippen MR) is 95.5 cm³/mol. The van der Waals surface area contributed by atoms with Crippen LogP contribution >= 0.6 is 0 Å². The molecule has 1 heterocycles. The van der Waals surface area contributed by atoms with Crippen molar-refractivity contribution in [3.8, 4) is 0 Å². The lowest BCUT2D eigenvalue weighted by Gasteiger charge is -2.27. The third-order valence-corrected chi connectivity index (χ3v) is 5.12. The van der Waals surface area contributed by atoms with Crippen LogP contribution in [-0.4, -0.2) is 17.5 Å². The second kappa shape index (κ2) is 7.73. The number of rotatable bonds is 5. The van der Waals surface area contributed by atoms with E-state index < -0.39 is 0 Å². The smallest absolute Gasteiger partial charge is 0.248 e. The zero-order chi connectivity index (χ0) is 16.9. The van der Waals surface area contributed by atoms with Crippen LogP contribution < -0.4 is 5.32 Å². The maximum atomic E-state index is 12.1. The first-order chi connectivity index (χ1) is 11.7. The summed E-state index contributed by atoms with van der Waals surface area (Å²) in [7, 11) is 0. The van der Waals surface area contributed by atoms with Gasteiger partial charge in [-0.1, -0.05) is 50.7 Å². The van der Waals surface area contributed by atoms with Crippen LogP contribution in [-0.2, 0) is 9.59 Å². The van der Waals surface area contributed by atoms with Crippen LogP contribution in [0.15, 0.2) is 40.6 Å². The van der Waals surface area contributed by atoms with Gasteiger partial charge in [0.15, 0.2) is 0 Å². The number of amides is 2. The van der Waals surface area contributed by atoms with Gasteiger partial charge < -0.3 is 5.32 Å². The first-order valence-electron chi connectivity index (χ1n) is 9.18. The summed E-state index contributed by atoms with van der Waals surface area (Å²) in [6.45, 7) is 2.11. The van der Waals surface area contributed by atoms with Crippen LogP contribution in [0.4, 0.5) is 0 Å². The fourth-order valence-corrected chi connectivity index (χ4v) is 3.88. The summed E-state index contributed by atoms with van der Waals surface area (Å²) >= 11 is 0. The summed E-state index contributed by atoms with van der Waals surface area (Å²) in [5, 5.41) is 2.89. The quantitative estimate of drug-likeness (QED) is 0.834. The van der Waals surface area contributed by atoms with E-state index in [0.29, 0.717) is 18.1 Å². The SMILES string of the molecule is CCCC1=CC(=O)NC2=CC(=NC(=O)CCC3CCCC3)C=CC12. The first-order valence-corrected chi connectivity index (χ1v) is 9.18. The molecule has 0 saturated heterocycles. The average Bonchev–Trinajstić information content (AvgIpc) is 3.06. The molecule has 24 heavy (non-hydrogen) atoms. The minimum absolute atomic E-state index is 0.0525. The van der Waals surface area contributed by atoms with E-state index in [1.807, 2.05) is 18.2 Å². The van der Waals surface area contributed by atoms with Gasteiger partial charge in [0.2, 0.25) is 11.8 Å². The molecule has 1 N–H and O–H groups in total. The highest BCUT2D eigenvalue weighted by atomic mass is 16.2. The van der Waals surface area contributed by atoms with Crippen molar-refractivity contribution >= 4 is 17.5 Å². The fourth-order valence-electron chi connectivity index (χ4n) is 3.88. The third-order valence-electron chi connectivity index (χ3n) is 5.12. The summed E-state index contributed by atoms with van der Waals surface area (Å²) < 4.78 is 0. The van der Waals surface area contributed by atoms with Gasteiger partial charge in [-0.05, 0) is 30.9 Å². The molecule has 0 bridgehead atoms. The van der Waals surface area contributed by atoms with E-state index in [2.05, 4.69) is 17.2 Å². The van der Waals surface area contributed by atoms with Crippen molar-refractivity contribution in [2.24, 2.45) is 16.8 Å². The molecule has 0 aromatic carbocycles. The highest BCUT2D eigenvalue weighted by Gasteiger charge is 2.26. The van der Waals surface area contributed by atoms with Gasteiger partial charge in [-0.2, -0.15) is 0 Å². The highest BCUT2D eigenvalue weighted by Crippen LogP contribution is 2.30. The lowest BCUT2D eigenvalue weighted by Crippen LogP contribution is -2.33. The van der Waals surface area contributed by atoms with Crippen LogP contribution in [0, 0.1) is 11.8 Å². The van der Waals surface area contributed by atoms with Gasteiger partial charge in [-0.15, -0.1) is 0 Å². The van der Waals surface area contributed by atoms with E-state index in [1.165, 1.54) is 25.7 Å².